The van der Waals surface area contributed by atoms with Crippen LogP contribution in [0.2, 0.25) is 0 Å². The van der Waals surface area contributed by atoms with Gasteiger partial charge in [-0.3, -0.25) is 0 Å². The van der Waals surface area contributed by atoms with Crippen molar-refractivity contribution in [1.82, 2.24) is 0 Å². The van der Waals surface area contributed by atoms with Crippen LogP contribution in [0.4, 0.5) is 0 Å². The van der Waals surface area contributed by atoms with Crippen LogP contribution >= 0.6 is 15.9 Å². The fraction of sp³-hybridized carbons (Fsp3) is 0.600. The summed E-state index contributed by atoms with van der Waals surface area (Å²) < 4.78 is 0. The molecule has 0 saturated heterocycles. The van der Waals surface area contributed by atoms with Crippen LogP contribution in [-0.4, -0.2) is 4.83 Å². The second-order valence-electron chi connectivity index (χ2n) is 4.49. The molecule has 1 aromatic rings. The van der Waals surface area contributed by atoms with Gasteiger partial charge in [-0.15, -0.1) is 0 Å². The molecule has 1 aromatic carbocycles. The van der Waals surface area contributed by atoms with Gasteiger partial charge in [0, 0.05) is 4.83 Å². The molecule has 1 unspecified atom stereocenters. The zero-order valence-corrected chi connectivity index (χ0v) is 12.1. The Kier molecular flexibility index (Phi) is 6.79. The summed E-state index contributed by atoms with van der Waals surface area (Å²) in [6.45, 7) is 4.48. The standard InChI is InChI=1S/C15H23Br/c1-3-6-13-8-5-9-14(12-13)10-11-15(16)7-4-2/h5,8-9,12,15H,3-4,6-7,10-11H2,1-2H3. The molecule has 0 aliphatic rings. The third kappa shape index (κ3) is 5.16. The molecule has 0 aliphatic carbocycles. The van der Waals surface area contributed by atoms with Crippen molar-refractivity contribution in [1.29, 1.82) is 0 Å². The largest absolute Gasteiger partial charge is 0.0891 e. The molecule has 0 heterocycles. The van der Waals surface area contributed by atoms with Gasteiger partial charge in [0.1, 0.15) is 0 Å². The van der Waals surface area contributed by atoms with Gasteiger partial charge in [0.05, 0.1) is 0 Å². The van der Waals surface area contributed by atoms with Crippen LogP contribution in [0.15, 0.2) is 24.3 Å². The van der Waals surface area contributed by atoms with Crippen molar-refractivity contribution in [3.05, 3.63) is 35.4 Å². The maximum Gasteiger partial charge on any atom is 0.0148 e. The zero-order valence-electron chi connectivity index (χ0n) is 10.5. The first-order valence-electron chi connectivity index (χ1n) is 6.48. The van der Waals surface area contributed by atoms with Crippen molar-refractivity contribution in [2.45, 2.75) is 57.2 Å². The van der Waals surface area contributed by atoms with E-state index in [4.69, 9.17) is 0 Å². The Labute approximate surface area is 109 Å². The van der Waals surface area contributed by atoms with E-state index >= 15 is 0 Å². The molecule has 0 aliphatic heterocycles. The predicted molar refractivity (Wildman–Crippen MR) is 76.4 cm³/mol. The summed E-state index contributed by atoms with van der Waals surface area (Å²) >= 11 is 3.74. The lowest BCUT2D eigenvalue weighted by Crippen LogP contribution is -1.99. The van der Waals surface area contributed by atoms with Gasteiger partial charge in [-0.1, -0.05) is 66.9 Å². The van der Waals surface area contributed by atoms with Gasteiger partial charge in [-0.05, 0) is 36.8 Å². The minimum absolute atomic E-state index is 0.687. The maximum absolute atomic E-state index is 3.74. The molecule has 0 saturated carbocycles. The van der Waals surface area contributed by atoms with Gasteiger partial charge >= 0.3 is 0 Å². The second kappa shape index (κ2) is 7.89. The first kappa shape index (κ1) is 13.8. The number of benzene rings is 1. The number of aryl methyl sites for hydroxylation is 2. The van der Waals surface area contributed by atoms with Crippen molar-refractivity contribution in [2.24, 2.45) is 0 Å². The van der Waals surface area contributed by atoms with Gasteiger partial charge in [0.2, 0.25) is 0 Å². The highest BCUT2D eigenvalue weighted by atomic mass is 79.9. The summed E-state index contributed by atoms with van der Waals surface area (Å²) in [6.07, 6.45) is 7.46. The summed E-state index contributed by atoms with van der Waals surface area (Å²) in [5, 5.41) is 0. The zero-order chi connectivity index (χ0) is 11.8. The highest BCUT2D eigenvalue weighted by molar-refractivity contribution is 9.09. The van der Waals surface area contributed by atoms with E-state index in [0.29, 0.717) is 4.83 Å². The van der Waals surface area contributed by atoms with Crippen molar-refractivity contribution in [2.75, 3.05) is 0 Å². The molecule has 0 fully saturated rings. The normalized spacial score (nSPS) is 12.7. The van der Waals surface area contributed by atoms with E-state index in [9.17, 15) is 0 Å². The Morgan fingerprint density at radius 1 is 1.00 bits per heavy atom. The smallest absolute Gasteiger partial charge is 0.0148 e. The Balaban J connectivity index is 2.44. The molecule has 0 spiro atoms. The summed E-state index contributed by atoms with van der Waals surface area (Å²) in [6, 6.07) is 9.06. The van der Waals surface area contributed by atoms with Crippen molar-refractivity contribution in [3.8, 4) is 0 Å². The maximum atomic E-state index is 3.74. The van der Waals surface area contributed by atoms with E-state index in [1.54, 1.807) is 0 Å². The van der Waals surface area contributed by atoms with Gasteiger partial charge in [0.15, 0.2) is 0 Å². The number of halogens is 1. The minimum Gasteiger partial charge on any atom is -0.0891 e. The van der Waals surface area contributed by atoms with E-state index in [-0.39, 0.29) is 0 Å². The van der Waals surface area contributed by atoms with E-state index in [1.807, 2.05) is 0 Å². The number of alkyl halides is 1. The molecular weight excluding hydrogens is 260 g/mol. The first-order chi connectivity index (χ1) is 7.76. The topological polar surface area (TPSA) is 0 Å². The molecule has 0 bridgehead atoms. The van der Waals surface area contributed by atoms with Crippen LogP contribution in [-0.2, 0) is 12.8 Å². The van der Waals surface area contributed by atoms with E-state index < -0.39 is 0 Å². The summed E-state index contributed by atoms with van der Waals surface area (Å²) in [5.41, 5.74) is 2.98. The molecule has 16 heavy (non-hydrogen) atoms. The Bertz CT molecular complexity index is 293. The van der Waals surface area contributed by atoms with Crippen molar-refractivity contribution < 1.29 is 0 Å². The third-order valence-electron chi connectivity index (χ3n) is 2.88. The van der Waals surface area contributed by atoms with Crippen molar-refractivity contribution in [3.63, 3.8) is 0 Å². The van der Waals surface area contributed by atoms with Crippen LogP contribution in [0.5, 0.6) is 0 Å². The third-order valence-corrected chi connectivity index (χ3v) is 3.79. The monoisotopic (exact) mass is 282 g/mol. The number of hydrogen-bond acceptors (Lipinski definition) is 0. The van der Waals surface area contributed by atoms with E-state index in [2.05, 4.69) is 54.0 Å². The first-order valence-corrected chi connectivity index (χ1v) is 7.39. The lowest BCUT2D eigenvalue weighted by atomic mass is 10.0. The average Bonchev–Trinajstić information content (AvgIpc) is 2.28. The minimum atomic E-state index is 0.687. The lowest BCUT2D eigenvalue weighted by molar-refractivity contribution is 0.692. The molecule has 0 aromatic heterocycles. The van der Waals surface area contributed by atoms with Crippen LogP contribution in [0.3, 0.4) is 0 Å². The fourth-order valence-electron chi connectivity index (χ4n) is 2.01. The van der Waals surface area contributed by atoms with Crippen LogP contribution in [0.1, 0.15) is 50.7 Å². The molecule has 1 rings (SSSR count). The van der Waals surface area contributed by atoms with Crippen LogP contribution < -0.4 is 0 Å². The fourth-order valence-corrected chi connectivity index (χ4v) is 2.70. The lowest BCUT2D eigenvalue weighted by Gasteiger charge is -2.09. The molecule has 1 heteroatoms. The predicted octanol–water partition coefficient (Wildman–Crippen LogP) is 5.14. The van der Waals surface area contributed by atoms with Crippen molar-refractivity contribution >= 4 is 15.9 Å². The molecular formula is C15H23Br. The highest BCUT2D eigenvalue weighted by Crippen LogP contribution is 2.16. The summed E-state index contributed by atoms with van der Waals surface area (Å²) in [4.78, 5) is 0.687. The highest BCUT2D eigenvalue weighted by Gasteiger charge is 2.03. The molecule has 0 nitrogen and oxygen atoms in total. The average molecular weight is 283 g/mol. The Morgan fingerprint density at radius 2 is 1.69 bits per heavy atom. The van der Waals surface area contributed by atoms with Gasteiger partial charge in [0.25, 0.3) is 0 Å². The second-order valence-corrected chi connectivity index (χ2v) is 5.79. The molecule has 0 radical (unpaired) electrons. The molecule has 0 N–H and O–H groups in total. The number of rotatable bonds is 7. The van der Waals surface area contributed by atoms with E-state index in [1.165, 1.54) is 49.7 Å². The van der Waals surface area contributed by atoms with Gasteiger partial charge in [-0.2, -0.15) is 0 Å². The Hall–Kier alpha value is -0.300. The summed E-state index contributed by atoms with van der Waals surface area (Å²) in [7, 11) is 0. The van der Waals surface area contributed by atoms with Crippen LogP contribution in [0, 0.1) is 0 Å². The Morgan fingerprint density at radius 3 is 2.31 bits per heavy atom. The van der Waals surface area contributed by atoms with Gasteiger partial charge < -0.3 is 0 Å². The molecule has 90 valence electrons. The number of hydrogen-bond donors (Lipinski definition) is 0. The SMILES string of the molecule is CCCc1cccc(CCC(Br)CCC)c1. The molecule has 0 amide bonds. The summed E-state index contributed by atoms with van der Waals surface area (Å²) in [5.74, 6) is 0. The molecule has 1 atom stereocenters. The van der Waals surface area contributed by atoms with Gasteiger partial charge in [-0.25, -0.2) is 0 Å². The van der Waals surface area contributed by atoms with Crippen LogP contribution in [0.25, 0.3) is 0 Å². The van der Waals surface area contributed by atoms with E-state index in [0.717, 1.165) is 0 Å². The quantitative estimate of drug-likeness (QED) is 0.608.